The summed E-state index contributed by atoms with van der Waals surface area (Å²) < 4.78 is 0. The van der Waals surface area contributed by atoms with Crippen molar-refractivity contribution in [2.24, 2.45) is 23.2 Å². The Morgan fingerprint density at radius 1 is 0.776 bits per heavy atom. The van der Waals surface area contributed by atoms with Crippen molar-refractivity contribution in [3.63, 3.8) is 0 Å². The lowest BCUT2D eigenvalue weighted by Crippen LogP contribution is -2.51. The molecule has 3 amide bonds. The second-order valence-electron chi connectivity index (χ2n) is 14.3. The average Bonchev–Trinajstić information content (AvgIpc) is 3.06. The van der Waals surface area contributed by atoms with Gasteiger partial charge in [0.1, 0.15) is 6.04 Å². The van der Waals surface area contributed by atoms with Crippen LogP contribution in [0.15, 0.2) is 66.7 Å². The molecule has 0 aromatic heterocycles. The number of hydrogen-bond acceptors (Lipinski definition) is 6. The number of amides is 3. The zero-order valence-corrected chi connectivity index (χ0v) is 27.7. The topological polar surface area (TPSA) is 165 Å². The van der Waals surface area contributed by atoms with Crippen LogP contribution in [0.1, 0.15) is 85.5 Å². The van der Waals surface area contributed by atoms with E-state index in [1.54, 1.807) is 42.5 Å². The quantitative estimate of drug-likeness (QED) is 0.179. The third-order valence-corrected chi connectivity index (χ3v) is 10.4. The summed E-state index contributed by atoms with van der Waals surface area (Å²) in [5, 5.41) is 27.6. The summed E-state index contributed by atoms with van der Waals surface area (Å²) in [5.41, 5.74) is 1.21. The molecular formula is C38H42N4O7. The fourth-order valence-electron chi connectivity index (χ4n) is 8.54. The van der Waals surface area contributed by atoms with Gasteiger partial charge in [0.05, 0.1) is 22.3 Å². The third-order valence-electron chi connectivity index (χ3n) is 10.4. The van der Waals surface area contributed by atoms with Gasteiger partial charge in [0.2, 0.25) is 5.91 Å². The number of carboxylic acids is 2. The Balaban J connectivity index is 1.25. The van der Waals surface area contributed by atoms with Gasteiger partial charge in [0.15, 0.2) is 0 Å². The van der Waals surface area contributed by atoms with E-state index in [0.29, 0.717) is 6.54 Å². The van der Waals surface area contributed by atoms with Gasteiger partial charge >= 0.3 is 11.9 Å². The van der Waals surface area contributed by atoms with Gasteiger partial charge < -0.3 is 31.1 Å². The largest absolute Gasteiger partial charge is 0.478 e. The normalized spacial score (nSPS) is 22.5. The minimum atomic E-state index is -1.36. The van der Waals surface area contributed by atoms with Gasteiger partial charge in [-0.05, 0) is 104 Å². The number of anilines is 2. The summed E-state index contributed by atoms with van der Waals surface area (Å²) in [6.07, 6.45) is 7.35. The van der Waals surface area contributed by atoms with Crippen LogP contribution in [0.2, 0.25) is 0 Å². The summed E-state index contributed by atoms with van der Waals surface area (Å²) in [7, 11) is 3.70. The minimum absolute atomic E-state index is 0.0466. The molecule has 3 aromatic rings. The molecule has 4 fully saturated rings. The molecule has 11 nitrogen and oxygen atoms in total. The molecule has 4 bridgehead atoms. The highest BCUT2D eigenvalue weighted by Gasteiger charge is 2.50. The minimum Gasteiger partial charge on any atom is -0.478 e. The standard InChI is InChI=1S/C38H42N4O7/c1-42(2)29-8-9-30(31(17-29)33(43)39-21-38-18-23-10-24(19-38)12-25(11-23)20-38)34(44)41-32(13-22-6-4-3-5-7-22)35(45)40-28-15-26(36(46)47)14-27(16-28)37(48)49/h3-9,14-17,23-25,32H,10-13,18-21H2,1-2H3,(H,39,43)(H,40,45)(H,41,44)(H,46,47)(H,48,49)/t23?,24?,25?,32-,38?/m0/s1. The predicted molar refractivity (Wildman–Crippen MR) is 184 cm³/mol. The van der Waals surface area contributed by atoms with E-state index in [-0.39, 0.29) is 45.7 Å². The molecule has 3 aromatic carbocycles. The lowest BCUT2D eigenvalue weighted by molar-refractivity contribution is -0.118. The zero-order valence-electron chi connectivity index (χ0n) is 27.7. The first-order valence-corrected chi connectivity index (χ1v) is 16.7. The van der Waals surface area contributed by atoms with Crippen molar-refractivity contribution in [1.82, 2.24) is 10.6 Å². The van der Waals surface area contributed by atoms with Crippen LogP contribution >= 0.6 is 0 Å². The van der Waals surface area contributed by atoms with E-state index in [0.717, 1.165) is 66.5 Å². The lowest BCUT2D eigenvalue weighted by atomic mass is 9.49. The van der Waals surface area contributed by atoms with Crippen LogP contribution in [-0.2, 0) is 11.2 Å². The van der Waals surface area contributed by atoms with Crippen LogP contribution in [0.25, 0.3) is 0 Å². The second kappa shape index (κ2) is 13.7. The Hall–Kier alpha value is -5.19. The number of aromatic carboxylic acids is 2. The van der Waals surface area contributed by atoms with Crippen LogP contribution in [-0.4, -0.2) is 66.6 Å². The molecule has 0 aliphatic heterocycles. The molecule has 49 heavy (non-hydrogen) atoms. The highest BCUT2D eigenvalue weighted by Crippen LogP contribution is 2.59. The maximum atomic E-state index is 14.0. The second-order valence-corrected chi connectivity index (χ2v) is 14.3. The van der Waals surface area contributed by atoms with E-state index in [1.807, 2.05) is 25.1 Å². The van der Waals surface area contributed by atoms with Gasteiger partial charge in [0.25, 0.3) is 11.8 Å². The summed E-state index contributed by atoms with van der Waals surface area (Å²) in [4.78, 5) is 66.7. The number of carbonyl (C=O) groups excluding carboxylic acids is 3. The molecule has 0 heterocycles. The summed E-state index contributed by atoms with van der Waals surface area (Å²) in [6.45, 7) is 0.565. The number of nitrogens with one attached hydrogen (secondary N) is 3. The third kappa shape index (κ3) is 7.61. The summed E-state index contributed by atoms with van der Waals surface area (Å²) in [6, 6.07) is 16.2. The van der Waals surface area contributed by atoms with E-state index in [4.69, 9.17) is 0 Å². The fraction of sp³-hybridized carbons (Fsp3) is 0.395. The molecule has 0 spiro atoms. The van der Waals surface area contributed by atoms with Crippen LogP contribution < -0.4 is 20.9 Å². The molecule has 7 rings (SSSR count). The van der Waals surface area contributed by atoms with E-state index in [1.165, 1.54) is 19.3 Å². The van der Waals surface area contributed by atoms with Crippen molar-refractivity contribution in [3.05, 3.63) is 94.5 Å². The molecular weight excluding hydrogens is 624 g/mol. The van der Waals surface area contributed by atoms with Gasteiger partial charge in [-0.1, -0.05) is 30.3 Å². The monoisotopic (exact) mass is 666 g/mol. The first-order chi connectivity index (χ1) is 23.4. The van der Waals surface area contributed by atoms with Crippen LogP contribution in [0.5, 0.6) is 0 Å². The SMILES string of the molecule is CN(C)c1ccc(C(=O)N[C@@H](Cc2ccccc2)C(=O)Nc2cc(C(=O)O)cc(C(=O)O)c2)c(C(=O)NCC23CC4CC(CC(C4)C2)C3)c1. The lowest BCUT2D eigenvalue weighted by Gasteiger charge is -2.56. The molecule has 4 aliphatic carbocycles. The molecule has 11 heteroatoms. The number of carboxylic acid groups (broad SMARTS) is 2. The van der Waals surface area contributed by atoms with Crippen LogP contribution in [0.4, 0.5) is 11.4 Å². The number of hydrogen-bond donors (Lipinski definition) is 5. The summed E-state index contributed by atoms with van der Waals surface area (Å²) in [5.74, 6) is -2.18. The Kier molecular flexibility index (Phi) is 9.45. The average molecular weight is 667 g/mol. The fourth-order valence-corrected chi connectivity index (χ4v) is 8.54. The van der Waals surface area contributed by atoms with Crippen LogP contribution in [0, 0.1) is 23.2 Å². The van der Waals surface area contributed by atoms with Gasteiger partial charge in [-0.2, -0.15) is 0 Å². The Morgan fingerprint density at radius 2 is 1.37 bits per heavy atom. The maximum absolute atomic E-state index is 14.0. The van der Waals surface area contributed by atoms with Gasteiger partial charge in [0, 0.05) is 38.4 Å². The molecule has 0 unspecified atom stereocenters. The van der Waals surface area contributed by atoms with Crippen molar-refractivity contribution < 1.29 is 34.2 Å². The zero-order chi connectivity index (χ0) is 34.9. The van der Waals surface area contributed by atoms with Gasteiger partial charge in [-0.15, -0.1) is 0 Å². The first-order valence-electron chi connectivity index (χ1n) is 16.7. The van der Waals surface area contributed by atoms with Crippen molar-refractivity contribution >= 4 is 41.0 Å². The van der Waals surface area contributed by atoms with E-state index >= 15 is 0 Å². The smallest absolute Gasteiger partial charge is 0.335 e. The van der Waals surface area contributed by atoms with Crippen molar-refractivity contribution in [1.29, 1.82) is 0 Å². The predicted octanol–water partition coefficient (Wildman–Crippen LogP) is 5.08. The molecule has 0 radical (unpaired) electrons. The Bertz CT molecular complexity index is 1720. The Morgan fingerprint density at radius 3 is 1.92 bits per heavy atom. The number of benzene rings is 3. The molecule has 1 atom stereocenters. The van der Waals surface area contributed by atoms with E-state index < -0.39 is 29.8 Å². The molecule has 0 saturated heterocycles. The molecule has 4 saturated carbocycles. The highest BCUT2D eigenvalue weighted by atomic mass is 16.4. The summed E-state index contributed by atoms with van der Waals surface area (Å²) >= 11 is 0. The number of nitrogens with zero attached hydrogens (tertiary/aromatic N) is 1. The van der Waals surface area contributed by atoms with Gasteiger partial charge in [-0.3, -0.25) is 14.4 Å². The van der Waals surface area contributed by atoms with Gasteiger partial charge in [-0.25, -0.2) is 9.59 Å². The van der Waals surface area contributed by atoms with E-state index in [9.17, 15) is 34.2 Å². The molecule has 256 valence electrons. The van der Waals surface area contributed by atoms with Crippen molar-refractivity contribution in [2.45, 2.75) is 51.0 Å². The first kappa shape index (κ1) is 33.7. The van der Waals surface area contributed by atoms with Crippen molar-refractivity contribution in [3.8, 4) is 0 Å². The molecule has 5 N–H and O–H groups in total. The van der Waals surface area contributed by atoms with Crippen molar-refractivity contribution in [2.75, 3.05) is 30.9 Å². The highest BCUT2D eigenvalue weighted by molar-refractivity contribution is 6.09. The van der Waals surface area contributed by atoms with E-state index in [2.05, 4.69) is 16.0 Å². The molecule has 4 aliphatic rings. The number of rotatable bonds is 12. The Labute approximate surface area is 285 Å². The number of carbonyl (C=O) groups is 5. The maximum Gasteiger partial charge on any atom is 0.335 e. The van der Waals surface area contributed by atoms with Crippen LogP contribution in [0.3, 0.4) is 0 Å².